The minimum Gasteiger partial charge on any atom is -0.327 e. The topological polar surface area (TPSA) is 78.7 Å². The van der Waals surface area contributed by atoms with Crippen LogP contribution in [0, 0.1) is 0 Å². The Labute approximate surface area is 160 Å². The summed E-state index contributed by atoms with van der Waals surface area (Å²) in [7, 11) is 0. The molecule has 0 amide bonds. The molecule has 3 rings (SSSR count). The van der Waals surface area contributed by atoms with Gasteiger partial charge in [-0.05, 0) is 28.6 Å². The van der Waals surface area contributed by atoms with Gasteiger partial charge in [0, 0.05) is 23.2 Å². The third kappa shape index (κ3) is 4.37. The van der Waals surface area contributed by atoms with Gasteiger partial charge in [-0.25, -0.2) is 13.9 Å². The molecular formula is C17H15F4N5OS. The van der Waals surface area contributed by atoms with Crippen LogP contribution in [0.15, 0.2) is 52.8 Å². The van der Waals surface area contributed by atoms with Crippen LogP contribution in [-0.2, 0) is 19.3 Å². The van der Waals surface area contributed by atoms with E-state index in [-0.39, 0.29) is 25.2 Å². The van der Waals surface area contributed by atoms with Crippen molar-refractivity contribution in [1.82, 2.24) is 19.3 Å². The number of pyridine rings is 1. The Morgan fingerprint density at radius 3 is 2.68 bits per heavy atom. The molecule has 0 aliphatic heterocycles. The first-order chi connectivity index (χ1) is 13.3. The first kappa shape index (κ1) is 20.0. The molecule has 0 spiro atoms. The molecule has 3 aromatic rings. The van der Waals surface area contributed by atoms with Gasteiger partial charge in [-0.1, -0.05) is 6.07 Å². The number of rotatable bonds is 6. The standard InChI is InChI=1S/C17H15F4N5OS/c18-4-11(5-22)7-26-16(27)25(10-24-26)8-14-3-13(9-28-14)12-1-2-15(23-6-12)17(19,20)21/h1-4,6,9-10H,5,7-8,22H2/b11-4+. The lowest BCUT2D eigenvalue weighted by Crippen LogP contribution is -2.26. The number of nitrogens with two attached hydrogens (primary N) is 1. The highest BCUT2D eigenvalue weighted by Gasteiger charge is 2.32. The number of aromatic nitrogens is 4. The van der Waals surface area contributed by atoms with Crippen molar-refractivity contribution in [2.24, 2.45) is 5.73 Å². The third-order valence-electron chi connectivity index (χ3n) is 3.93. The maximum absolute atomic E-state index is 12.6. The first-order valence-corrected chi connectivity index (χ1v) is 8.91. The second-order valence-corrected chi connectivity index (χ2v) is 6.90. The number of hydrogen-bond donors (Lipinski definition) is 1. The summed E-state index contributed by atoms with van der Waals surface area (Å²) in [6, 6.07) is 4.05. The average Bonchev–Trinajstić information content (AvgIpc) is 3.27. The molecule has 2 N–H and O–H groups in total. The Bertz CT molecular complexity index is 1030. The van der Waals surface area contributed by atoms with Crippen molar-refractivity contribution in [3.8, 4) is 11.1 Å². The molecule has 0 unspecified atom stereocenters. The van der Waals surface area contributed by atoms with Crippen molar-refractivity contribution in [3.05, 3.63) is 69.1 Å². The Morgan fingerprint density at radius 1 is 1.29 bits per heavy atom. The van der Waals surface area contributed by atoms with Crippen molar-refractivity contribution in [2.75, 3.05) is 6.54 Å². The normalized spacial score (nSPS) is 12.5. The van der Waals surface area contributed by atoms with E-state index >= 15 is 0 Å². The number of halogens is 4. The molecule has 0 aliphatic rings. The first-order valence-electron chi connectivity index (χ1n) is 8.03. The average molecular weight is 413 g/mol. The zero-order valence-electron chi connectivity index (χ0n) is 14.4. The van der Waals surface area contributed by atoms with Crippen LogP contribution in [0.5, 0.6) is 0 Å². The summed E-state index contributed by atoms with van der Waals surface area (Å²) in [6.07, 6.45) is -1.62. The molecule has 0 aromatic carbocycles. The fraction of sp³-hybridized carbons (Fsp3) is 0.235. The number of alkyl halides is 3. The number of hydrogen-bond acceptors (Lipinski definition) is 5. The molecule has 3 aromatic heterocycles. The summed E-state index contributed by atoms with van der Waals surface area (Å²) < 4.78 is 52.9. The smallest absolute Gasteiger partial charge is 0.327 e. The molecule has 0 radical (unpaired) electrons. The highest BCUT2D eigenvalue weighted by molar-refractivity contribution is 7.10. The minimum absolute atomic E-state index is 0.0226. The maximum Gasteiger partial charge on any atom is 0.433 e. The molecule has 28 heavy (non-hydrogen) atoms. The van der Waals surface area contributed by atoms with Crippen LogP contribution < -0.4 is 11.4 Å². The SMILES string of the molecule is NC/C(=C\F)Cn1ncn(Cc2cc(-c3ccc(C(F)(F)F)nc3)cs2)c1=O. The predicted octanol–water partition coefficient (Wildman–Crippen LogP) is 3.05. The highest BCUT2D eigenvalue weighted by Crippen LogP contribution is 2.30. The molecule has 148 valence electrons. The zero-order valence-corrected chi connectivity index (χ0v) is 15.2. The van der Waals surface area contributed by atoms with E-state index in [9.17, 15) is 22.4 Å². The molecule has 0 atom stereocenters. The van der Waals surface area contributed by atoms with Gasteiger partial charge >= 0.3 is 11.9 Å². The van der Waals surface area contributed by atoms with Crippen molar-refractivity contribution in [1.29, 1.82) is 0 Å². The van der Waals surface area contributed by atoms with Gasteiger partial charge in [0.25, 0.3) is 0 Å². The third-order valence-corrected chi connectivity index (χ3v) is 4.85. The highest BCUT2D eigenvalue weighted by atomic mass is 32.1. The second-order valence-electron chi connectivity index (χ2n) is 5.90. The van der Waals surface area contributed by atoms with Crippen LogP contribution in [0.1, 0.15) is 10.6 Å². The Morgan fingerprint density at radius 2 is 2.07 bits per heavy atom. The summed E-state index contributed by atoms with van der Waals surface area (Å²) in [6.45, 7) is 0.172. The van der Waals surface area contributed by atoms with Crippen LogP contribution >= 0.6 is 11.3 Å². The summed E-state index contributed by atoms with van der Waals surface area (Å²) in [5.74, 6) is 0. The van der Waals surface area contributed by atoms with Gasteiger partial charge in [0.05, 0.1) is 19.4 Å². The Balaban J connectivity index is 1.75. The fourth-order valence-electron chi connectivity index (χ4n) is 2.44. The van der Waals surface area contributed by atoms with Crippen LogP contribution in [0.2, 0.25) is 0 Å². The van der Waals surface area contributed by atoms with E-state index in [2.05, 4.69) is 10.1 Å². The zero-order chi connectivity index (χ0) is 20.3. The molecular weight excluding hydrogens is 398 g/mol. The van der Waals surface area contributed by atoms with Gasteiger partial charge in [0.1, 0.15) is 12.0 Å². The molecule has 0 saturated heterocycles. The van der Waals surface area contributed by atoms with Crippen molar-refractivity contribution >= 4 is 11.3 Å². The van der Waals surface area contributed by atoms with E-state index in [1.165, 1.54) is 28.3 Å². The van der Waals surface area contributed by atoms with Gasteiger partial charge < -0.3 is 5.73 Å². The molecule has 6 nitrogen and oxygen atoms in total. The van der Waals surface area contributed by atoms with Gasteiger partial charge in [-0.3, -0.25) is 9.55 Å². The summed E-state index contributed by atoms with van der Waals surface area (Å²) >= 11 is 1.35. The van der Waals surface area contributed by atoms with Crippen molar-refractivity contribution in [2.45, 2.75) is 19.3 Å². The molecule has 3 heterocycles. The van der Waals surface area contributed by atoms with E-state index in [0.29, 0.717) is 17.5 Å². The van der Waals surface area contributed by atoms with Gasteiger partial charge in [-0.2, -0.15) is 18.3 Å². The second kappa shape index (κ2) is 8.07. The summed E-state index contributed by atoms with van der Waals surface area (Å²) in [5.41, 5.74) is 5.49. The monoisotopic (exact) mass is 413 g/mol. The molecule has 0 bridgehead atoms. The van der Waals surface area contributed by atoms with Gasteiger partial charge in [0.15, 0.2) is 0 Å². The van der Waals surface area contributed by atoms with Gasteiger partial charge in [0.2, 0.25) is 0 Å². The van der Waals surface area contributed by atoms with E-state index in [4.69, 9.17) is 5.73 Å². The minimum atomic E-state index is -4.49. The van der Waals surface area contributed by atoms with Crippen molar-refractivity contribution < 1.29 is 17.6 Å². The van der Waals surface area contributed by atoms with Crippen LogP contribution in [0.25, 0.3) is 11.1 Å². The lowest BCUT2D eigenvalue weighted by atomic mass is 10.1. The maximum atomic E-state index is 12.6. The van der Waals surface area contributed by atoms with E-state index in [0.717, 1.165) is 21.8 Å². The van der Waals surface area contributed by atoms with Crippen LogP contribution in [-0.4, -0.2) is 25.9 Å². The Hall–Kier alpha value is -2.79. The van der Waals surface area contributed by atoms with Gasteiger partial charge in [-0.15, -0.1) is 11.3 Å². The van der Waals surface area contributed by atoms with E-state index in [1.54, 1.807) is 11.4 Å². The Kier molecular flexibility index (Phi) is 5.75. The number of thiophene rings is 1. The molecule has 0 fully saturated rings. The lowest BCUT2D eigenvalue weighted by molar-refractivity contribution is -0.141. The molecule has 0 aliphatic carbocycles. The van der Waals surface area contributed by atoms with Crippen LogP contribution in [0.3, 0.4) is 0 Å². The molecule has 11 heteroatoms. The van der Waals surface area contributed by atoms with E-state index < -0.39 is 17.6 Å². The number of nitrogens with zero attached hydrogens (tertiary/aromatic N) is 4. The fourth-order valence-corrected chi connectivity index (χ4v) is 3.33. The lowest BCUT2D eigenvalue weighted by Gasteiger charge is -2.05. The van der Waals surface area contributed by atoms with Crippen molar-refractivity contribution in [3.63, 3.8) is 0 Å². The predicted molar refractivity (Wildman–Crippen MR) is 96.4 cm³/mol. The molecule has 0 saturated carbocycles. The summed E-state index contributed by atoms with van der Waals surface area (Å²) in [5, 5.41) is 5.71. The largest absolute Gasteiger partial charge is 0.433 e. The quantitative estimate of drug-likeness (QED) is 0.630. The summed E-state index contributed by atoms with van der Waals surface area (Å²) in [4.78, 5) is 16.6. The van der Waals surface area contributed by atoms with E-state index in [1.807, 2.05) is 0 Å². The van der Waals surface area contributed by atoms with Crippen LogP contribution in [0.4, 0.5) is 17.6 Å².